The van der Waals surface area contributed by atoms with E-state index in [9.17, 15) is 19.2 Å². The van der Waals surface area contributed by atoms with Crippen LogP contribution >= 0.6 is 22.9 Å². The van der Waals surface area contributed by atoms with Crippen molar-refractivity contribution in [3.63, 3.8) is 0 Å². The normalized spacial score (nSPS) is 21.7. The van der Waals surface area contributed by atoms with E-state index in [1.807, 2.05) is 7.05 Å². The first-order valence-electron chi connectivity index (χ1n) is 11.7. The fourth-order valence-corrected chi connectivity index (χ4v) is 5.66. The number of halogens is 1. The summed E-state index contributed by atoms with van der Waals surface area (Å²) in [6.45, 7) is 1.63. The molecule has 0 radical (unpaired) electrons. The third-order valence-corrected chi connectivity index (χ3v) is 7.70. The van der Waals surface area contributed by atoms with E-state index in [1.165, 1.54) is 23.6 Å². The van der Waals surface area contributed by atoms with Crippen LogP contribution in [-0.4, -0.2) is 71.2 Å². The summed E-state index contributed by atoms with van der Waals surface area (Å²) >= 11 is 7.16. The summed E-state index contributed by atoms with van der Waals surface area (Å²) in [5, 5.41) is 11.5. The van der Waals surface area contributed by atoms with Crippen molar-refractivity contribution in [3.05, 3.63) is 38.9 Å². The zero-order valence-electron chi connectivity index (χ0n) is 20.0. The first kappa shape index (κ1) is 26.0. The average molecular weight is 534 g/mol. The van der Waals surface area contributed by atoms with E-state index in [0.29, 0.717) is 29.3 Å². The number of carbonyl (C=O) groups is 4. The zero-order chi connectivity index (χ0) is 25.8. The minimum absolute atomic E-state index is 0.127. The molecule has 1 saturated carbocycles. The van der Waals surface area contributed by atoms with E-state index in [4.69, 9.17) is 11.6 Å². The lowest BCUT2D eigenvalue weighted by atomic mass is 9.81. The fourth-order valence-electron chi connectivity index (χ4n) is 4.45. The highest BCUT2D eigenvalue weighted by Crippen LogP contribution is 2.27. The van der Waals surface area contributed by atoms with E-state index in [0.717, 1.165) is 30.1 Å². The molecule has 1 aliphatic carbocycles. The third kappa shape index (κ3) is 6.18. The van der Waals surface area contributed by atoms with E-state index in [2.05, 4.69) is 36.1 Å². The van der Waals surface area contributed by atoms with Gasteiger partial charge in [-0.2, -0.15) is 0 Å². The molecular formula is C23H28ClN7O4S. The highest BCUT2D eigenvalue weighted by Gasteiger charge is 2.37. The standard InChI is InChI=1S/C23H28ClN7O4S/c1-25-19(32)12-3-5-14(27-20(33)21(34)30-18-6-4-13(24)10-26-18)16(9-12)28-22(35)23-29-15-7-8-31(2)11-17(15)36-23/h4,6,10,12,14,16H,3,5,7-9,11H2,1-2H3,(H,25,32)(H,27,33)(H,28,35)(H,26,30,34)/t12-,14-,16+/m0/s1. The van der Waals surface area contributed by atoms with Crippen molar-refractivity contribution in [2.24, 2.45) is 5.92 Å². The molecule has 0 spiro atoms. The van der Waals surface area contributed by atoms with Gasteiger partial charge in [0.05, 0.1) is 16.8 Å². The Kier molecular flexibility index (Phi) is 8.17. The summed E-state index contributed by atoms with van der Waals surface area (Å²) in [6, 6.07) is 1.94. The second kappa shape index (κ2) is 11.3. The predicted molar refractivity (Wildman–Crippen MR) is 135 cm³/mol. The van der Waals surface area contributed by atoms with Gasteiger partial charge in [-0.1, -0.05) is 11.6 Å². The SMILES string of the molecule is CNC(=O)[C@H]1CC[C@H](NC(=O)C(=O)Nc2ccc(Cl)cn2)[C@H](NC(=O)c2nc3c(s2)CN(C)CC3)C1. The summed E-state index contributed by atoms with van der Waals surface area (Å²) in [7, 11) is 3.59. The van der Waals surface area contributed by atoms with Crippen molar-refractivity contribution in [2.75, 3.05) is 26.0 Å². The van der Waals surface area contributed by atoms with Crippen molar-refractivity contribution in [1.82, 2.24) is 30.8 Å². The Bertz CT molecular complexity index is 1160. The van der Waals surface area contributed by atoms with Gasteiger partial charge in [0.1, 0.15) is 5.82 Å². The Morgan fingerprint density at radius 2 is 1.92 bits per heavy atom. The number of hydrogen-bond donors (Lipinski definition) is 4. The number of nitrogens with one attached hydrogen (secondary N) is 4. The van der Waals surface area contributed by atoms with Crippen LogP contribution in [0.25, 0.3) is 0 Å². The van der Waals surface area contributed by atoms with Gasteiger partial charge in [-0.05, 0) is 38.4 Å². The van der Waals surface area contributed by atoms with Gasteiger partial charge in [0.25, 0.3) is 5.91 Å². The quantitative estimate of drug-likeness (QED) is 0.418. The molecule has 4 rings (SSSR count). The number of likely N-dealkylation sites (N-methyl/N-ethyl adjacent to an activating group) is 1. The van der Waals surface area contributed by atoms with Gasteiger partial charge in [-0.3, -0.25) is 19.2 Å². The van der Waals surface area contributed by atoms with Crippen molar-refractivity contribution in [1.29, 1.82) is 0 Å². The molecule has 0 saturated heterocycles. The van der Waals surface area contributed by atoms with E-state index in [1.54, 1.807) is 13.1 Å². The number of fused-ring (bicyclic) bond motifs is 1. The van der Waals surface area contributed by atoms with Gasteiger partial charge < -0.3 is 26.2 Å². The number of amides is 4. The second-order valence-electron chi connectivity index (χ2n) is 8.98. The molecule has 36 heavy (non-hydrogen) atoms. The molecule has 4 N–H and O–H groups in total. The number of thiazole rings is 1. The van der Waals surface area contributed by atoms with Gasteiger partial charge in [0, 0.05) is 49.6 Å². The number of nitrogens with zero attached hydrogens (tertiary/aromatic N) is 3. The number of hydrogen-bond acceptors (Lipinski definition) is 8. The molecule has 0 unspecified atom stereocenters. The molecule has 1 aliphatic heterocycles. The first-order chi connectivity index (χ1) is 17.2. The Hall–Kier alpha value is -3.09. The number of rotatable bonds is 5. The zero-order valence-corrected chi connectivity index (χ0v) is 21.5. The molecular weight excluding hydrogens is 506 g/mol. The van der Waals surface area contributed by atoms with Crippen LogP contribution in [0.3, 0.4) is 0 Å². The molecule has 3 atom stereocenters. The average Bonchev–Trinajstić information content (AvgIpc) is 3.29. The monoisotopic (exact) mass is 533 g/mol. The molecule has 2 aliphatic rings. The van der Waals surface area contributed by atoms with Crippen LogP contribution in [0, 0.1) is 5.92 Å². The van der Waals surface area contributed by atoms with Gasteiger partial charge in [-0.25, -0.2) is 9.97 Å². The smallest absolute Gasteiger partial charge is 0.314 e. The predicted octanol–water partition coefficient (Wildman–Crippen LogP) is 0.947. The Morgan fingerprint density at radius 1 is 1.11 bits per heavy atom. The minimum Gasteiger partial charge on any atom is -0.359 e. The lowest BCUT2D eigenvalue weighted by Gasteiger charge is -2.36. The Labute approximate surface area is 217 Å². The summed E-state index contributed by atoms with van der Waals surface area (Å²) < 4.78 is 0. The molecule has 0 aromatic carbocycles. The maximum Gasteiger partial charge on any atom is 0.314 e. The van der Waals surface area contributed by atoms with E-state index in [-0.39, 0.29) is 23.6 Å². The van der Waals surface area contributed by atoms with Crippen molar-refractivity contribution >= 4 is 52.4 Å². The number of anilines is 1. The highest BCUT2D eigenvalue weighted by molar-refractivity contribution is 7.13. The Morgan fingerprint density at radius 3 is 2.64 bits per heavy atom. The molecule has 11 nitrogen and oxygen atoms in total. The maximum absolute atomic E-state index is 13.1. The van der Waals surface area contributed by atoms with Crippen molar-refractivity contribution in [3.8, 4) is 0 Å². The maximum atomic E-state index is 13.1. The van der Waals surface area contributed by atoms with Gasteiger partial charge in [0.15, 0.2) is 5.01 Å². The summed E-state index contributed by atoms with van der Waals surface area (Å²) in [5.41, 5.74) is 0.937. The van der Waals surface area contributed by atoms with Crippen LogP contribution in [0.2, 0.25) is 5.02 Å². The second-order valence-corrected chi connectivity index (χ2v) is 10.5. The lowest BCUT2D eigenvalue weighted by Crippen LogP contribution is -2.57. The highest BCUT2D eigenvalue weighted by atomic mass is 35.5. The topological polar surface area (TPSA) is 145 Å². The van der Waals surface area contributed by atoms with Crippen LogP contribution in [-0.2, 0) is 27.3 Å². The molecule has 13 heteroatoms. The molecule has 0 bridgehead atoms. The van der Waals surface area contributed by atoms with Crippen molar-refractivity contribution < 1.29 is 19.2 Å². The van der Waals surface area contributed by atoms with Crippen LogP contribution in [0.1, 0.15) is 39.6 Å². The molecule has 4 amide bonds. The summed E-state index contributed by atoms with van der Waals surface area (Å²) in [6.07, 6.45) is 3.39. The molecule has 2 aromatic heterocycles. The van der Waals surface area contributed by atoms with Crippen LogP contribution in [0.15, 0.2) is 18.3 Å². The van der Waals surface area contributed by atoms with Crippen LogP contribution in [0.5, 0.6) is 0 Å². The van der Waals surface area contributed by atoms with Gasteiger partial charge >= 0.3 is 11.8 Å². The molecule has 1 fully saturated rings. The van der Waals surface area contributed by atoms with Crippen molar-refractivity contribution in [2.45, 2.75) is 44.3 Å². The Balaban J connectivity index is 1.44. The summed E-state index contributed by atoms with van der Waals surface area (Å²) in [5.74, 6) is -2.36. The van der Waals surface area contributed by atoms with Gasteiger partial charge in [-0.15, -0.1) is 11.3 Å². The van der Waals surface area contributed by atoms with Crippen LogP contribution in [0.4, 0.5) is 5.82 Å². The van der Waals surface area contributed by atoms with E-state index < -0.39 is 23.9 Å². The number of aromatic nitrogens is 2. The van der Waals surface area contributed by atoms with Crippen LogP contribution < -0.4 is 21.3 Å². The largest absolute Gasteiger partial charge is 0.359 e. The number of carbonyl (C=O) groups excluding carboxylic acids is 4. The van der Waals surface area contributed by atoms with E-state index >= 15 is 0 Å². The summed E-state index contributed by atoms with van der Waals surface area (Å²) in [4.78, 5) is 62.2. The fraction of sp³-hybridized carbons (Fsp3) is 0.478. The number of pyridine rings is 1. The minimum atomic E-state index is -0.889. The molecule has 2 aromatic rings. The van der Waals surface area contributed by atoms with Gasteiger partial charge in [0.2, 0.25) is 5.91 Å². The molecule has 192 valence electrons. The molecule has 3 heterocycles. The lowest BCUT2D eigenvalue weighted by molar-refractivity contribution is -0.137. The third-order valence-electron chi connectivity index (χ3n) is 6.39. The first-order valence-corrected chi connectivity index (χ1v) is 12.9.